The Hall–Kier alpha value is -2.30. The molecule has 1 atom stereocenters. The summed E-state index contributed by atoms with van der Waals surface area (Å²) in [5, 5.41) is 2.75. The maximum absolute atomic E-state index is 13.7. The number of benzene rings is 2. The third-order valence-corrected chi connectivity index (χ3v) is 4.09. The van der Waals surface area contributed by atoms with Crippen molar-refractivity contribution in [3.05, 3.63) is 93.6 Å². The Balaban J connectivity index is 1.94. The summed E-state index contributed by atoms with van der Waals surface area (Å²) in [4.78, 5) is 12.6. The van der Waals surface area contributed by atoms with E-state index < -0.39 is 17.8 Å². The molecule has 0 aliphatic carbocycles. The summed E-state index contributed by atoms with van der Waals surface area (Å²) < 4.78 is 19.1. The van der Waals surface area contributed by atoms with Crippen LogP contribution in [0.3, 0.4) is 0 Å². The minimum atomic E-state index is -0.708. The first kappa shape index (κ1) is 16.6. The molecule has 0 spiro atoms. The van der Waals surface area contributed by atoms with Crippen molar-refractivity contribution in [3.8, 4) is 0 Å². The maximum atomic E-state index is 13.7. The summed E-state index contributed by atoms with van der Waals surface area (Å²) in [6, 6.07) is 14.5. The molecular formula is C18H12Cl2FNO2. The van der Waals surface area contributed by atoms with E-state index in [0.717, 1.165) is 11.6 Å². The van der Waals surface area contributed by atoms with E-state index in [0.29, 0.717) is 5.76 Å². The van der Waals surface area contributed by atoms with Crippen molar-refractivity contribution in [1.82, 2.24) is 5.32 Å². The summed E-state index contributed by atoms with van der Waals surface area (Å²) >= 11 is 11.7. The SMILES string of the molecule is O=C(NC(c1ccccc1)c1ccco1)c1cc(F)c(Cl)cc1Cl. The standard InChI is InChI=1S/C18H12Cl2FNO2/c19-13-10-14(20)15(21)9-12(13)18(23)22-17(16-7-4-8-24-16)11-5-2-1-3-6-11/h1-10,17H,(H,22,23). The van der Waals surface area contributed by atoms with E-state index in [1.807, 2.05) is 30.3 Å². The Labute approximate surface area is 148 Å². The van der Waals surface area contributed by atoms with Crippen LogP contribution in [-0.2, 0) is 0 Å². The number of hydrogen-bond acceptors (Lipinski definition) is 2. The molecule has 0 aliphatic rings. The molecule has 6 heteroatoms. The van der Waals surface area contributed by atoms with Crippen LogP contribution in [0.4, 0.5) is 4.39 Å². The summed E-state index contributed by atoms with van der Waals surface area (Å²) in [5.74, 6) is -0.679. The van der Waals surface area contributed by atoms with E-state index in [4.69, 9.17) is 27.6 Å². The number of carbonyl (C=O) groups is 1. The van der Waals surface area contributed by atoms with Crippen molar-refractivity contribution in [2.45, 2.75) is 6.04 Å². The van der Waals surface area contributed by atoms with Crippen LogP contribution in [0.2, 0.25) is 10.0 Å². The molecule has 3 rings (SSSR count). The van der Waals surface area contributed by atoms with Gasteiger partial charge in [-0.05, 0) is 29.8 Å². The van der Waals surface area contributed by atoms with E-state index in [-0.39, 0.29) is 15.6 Å². The van der Waals surface area contributed by atoms with E-state index in [1.54, 1.807) is 12.1 Å². The van der Waals surface area contributed by atoms with Gasteiger partial charge in [0.2, 0.25) is 0 Å². The molecule has 3 nitrogen and oxygen atoms in total. The number of hydrogen-bond donors (Lipinski definition) is 1. The molecule has 0 saturated heterocycles. The molecule has 24 heavy (non-hydrogen) atoms. The van der Waals surface area contributed by atoms with Crippen molar-refractivity contribution in [2.24, 2.45) is 0 Å². The Morgan fingerprint density at radius 3 is 2.46 bits per heavy atom. The van der Waals surface area contributed by atoms with Crippen molar-refractivity contribution in [2.75, 3.05) is 0 Å². The zero-order valence-corrected chi connectivity index (χ0v) is 13.8. The van der Waals surface area contributed by atoms with Crippen LogP contribution in [-0.4, -0.2) is 5.91 Å². The van der Waals surface area contributed by atoms with Gasteiger partial charge in [0.15, 0.2) is 0 Å². The second-order valence-corrected chi connectivity index (χ2v) is 5.89. The van der Waals surface area contributed by atoms with Gasteiger partial charge < -0.3 is 9.73 Å². The lowest BCUT2D eigenvalue weighted by molar-refractivity contribution is 0.0938. The second kappa shape index (κ2) is 7.07. The van der Waals surface area contributed by atoms with Crippen LogP contribution in [0.15, 0.2) is 65.3 Å². The zero-order chi connectivity index (χ0) is 17.1. The van der Waals surface area contributed by atoms with Gasteiger partial charge in [0.05, 0.1) is 21.9 Å². The summed E-state index contributed by atoms with van der Waals surface area (Å²) in [5.41, 5.74) is 0.831. The highest BCUT2D eigenvalue weighted by Gasteiger charge is 2.22. The van der Waals surface area contributed by atoms with Crippen LogP contribution >= 0.6 is 23.2 Å². The fraction of sp³-hybridized carbons (Fsp3) is 0.0556. The normalized spacial score (nSPS) is 12.0. The fourth-order valence-electron chi connectivity index (χ4n) is 2.33. The number of halogens is 3. The molecule has 0 aliphatic heterocycles. The smallest absolute Gasteiger partial charge is 0.253 e. The first-order chi connectivity index (χ1) is 11.6. The molecule has 1 heterocycles. The molecule has 1 unspecified atom stereocenters. The van der Waals surface area contributed by atoms with Crippen molar-refractivity contribution >= 4 is 29.1 Å². The van der Waals surface area contributed by atoms with Crippen LogP contribution < -0.4 is 5.32 Å². The first-order valence-corrected chi connectivity index (χ1v) is 7.85. The van der Waals surface area contributed by atoms with Crippen LogP contribution in [0.5, 0.6) is 0 Å². The molecule has 2 aromatic carbocycles. The highest BCUT2D eigenvalue weighted by Crippen LogP contribution is 2.27. The number of furan rings is 1. The van der Waals surface area contributed by atoms with E-state index in [1.165, 1.54) is 12.3 Å². The predicted molar refractivity (Wildman–Crippen MR) is 90.9 cm³/mol. The number of amides is 1. The van der Waals surface area contributed by atoms with Crippen LogP contribution in [0.25, 0.3) is 0 Å². The Bertz CT molecular complexity index is 851. The second-order valence-electron chi connectivity index (χ2n) is 5.08. The lowest BCUT2D eigenvalue weighted by Crippen LogP contribution is -2.29. The zero-order valence-electron chi connectivity index (χ0n) is 12.3. The Morgan fingerprint density at radius 2 is 1.79 bits per heavy atom. The molecular weight excluding hydrogens is 352 g/mol. The Kier molecular flexibility index (Phi) is 4.88. The molecule has 1 aromatic heterocycles. The summed E-state index contributed by atoms with van der Waals surface area (Å²) in [6.45, 7) is 0. The molecule has 0 saturated carbocycles. The summed E-state index contributed by atoms with van der Waals surface area (Å²) in [7, 11) is 0. The minimum absolute atomic E-state index is 0.00561. The average molecular weight is 364 g/mol. The maximum Gasteiger partial charge on any atom is 0.253 e. The van der Waals surface area contributed by atoms with Gasteiger partial charge in [-0.25, -0.2) is 4.39 Å². The van der Waals surface area contributed by atoms with Crippen LogP contribution in [0, 0.1) is 5.82 Å². The largest absolute Gasteiger partial charge is 0.467 e. The lowest BCUT2D eigenvalue weighted by Gasteiger charge is -2.18. The predicted octanol–water partition coefficient (Wildman–Crippen LogP) is 5.24. The molecule has 0 bridgehead atoms. The number of carbonyl (C=O) groups excluding carboxylic acids is 1. The molecule has 1 amide bonds. The van der Waals surface area contributed by atoms with Crippen molar-refractivity contribution < 1.29 is 13.6 Å². The van der Waals surface area contributed by atoms with Gasteiger partial charge >= 0.3 is 0 Å². The molecule has 3 aromatic rings. The van der Waals surface area contributed by atoms with Gasteiger partial charge in [-0.15, -0.1) is 0 Å². The summed E-state index contributed by atoms with van der Waals surface area (Å²) in [6.07, 6.45) is 1.52. The first-order valence-electron chi connectivity index (χ1n) is 7.10. The highest BCUT2D eigenvalue weighted by molar-refractivity contribution is 6.36. The van der Waals surface area contributed by atoms with E-state index >= 15 is 0 Å². The highest BCUT2D eigenvalue weighted by atomic mass is 35.5. The Morgan fingerprint density at radius 1 is 1.04 bits per heavy atom. The van der Waals surface area contributed by atoms with E-state index in [2.05, 4.69) is 5.32 Å². The molecule has 0 radical (unpaired) electrons. The van der Waals surface area contributed by atoms with E-state index in [9.17, 15) is 9.18 Å². The number of rotatable bonds is 4. The third kappa shape index (κ3) is 3.45. The average Bonchev–Trinajstić information content (AvgIpc) is 3.11. The fourth-order valence-corrected chi connectivity index (χ4v) is 2.79. The minimum Gasteiger partial charge on any atom is -0.467 e. The van der Waals surface area contributed by atoms with Crippen molar-refractivity contribution in [3.63, 3.8) is 0 Å². The quantitative estimate of drug-likeness (QED) is 0.643. The van der Waals surface area contributed by atoms with Crippen LogP contribution in [0.1, 0.15) is 27.7 Å². The topological polar surface area (TPSA) is 42.2 Å². The van der Waals surface area contributed by atoms with Gasteiger partial charge in [0.1, 0.15) is 17.6 Å². The van der Waals surface area contributed by atoms with Gasteiger partial charge in [-0.3, -0.25) is 4.79 Å². The third-order valence-electron chi connectivity index (χ3n) is 3.49. The van der Waals surface area contributed by atoms with Gasteiger partial charge in [0.25, 0.3) is 5.91 Å². The van der Waals surface area contributed by atoms with Gasteiger partial charge in [0, 0.05) is 0 Å². The molecule has 0 fully saturated rings. The monoisotopic (exact) mass is 363 g/mol. The number of nitrogens with one attached hydrogen (secondary N) is 1. The van der Waals surface area contributed by atoms with Gasteiger partial charge in [-0.2, -0.15) is 0 Å². The molecule has 1 N–H and O–H groups in total. The lowest BCUT2D eigenvalue weighted by atomic mass is 10.0. The molecule has 122 valence electrons. The van der Waals surface area contributed by atoms with Gasteiger partial charge in [-0.1, -0.05) is 53.5 Å². The van der Waals surface area contributed by atoms with Crippen molar-refractivity contribution in [1.29, 1.82) is 0 Å².